The summed E-state index contributed by atoms with van der Waals surface area (Å²) in [5, 5.41) is 2.94. The zero-order valence-electron chi connectivity index (χ0n) is 26.0. The van der Waals surface area contributed by atoms with Crippen LogP contribution in [-0.4, -0.2) is 58.1 Å². The molecule has 0 N–H and O–H groups in total. The highest BCUT2D eigenvalue weighted by Gasteiger charge is 2.64. The first-order valence-electron chi connectivity index (χ1n) is 14.7. The van der Waals surface area contributed by atoms with Gasteiger partial charge in [-0.3, -0.25) is 14.2 Å². The van der Waals surface area contributed by atoms with E-state index in [9.17, 15) is 14.4 Å². The van der Waals surface area contributed by atoms with Crippen LogP contribution in [0, 0.1) is 5.41 Å². The molecule has 1 aromatic heterocycles. The van der Waals surface area contributed by atoms with E-state index in [1.54, 1.807) is 18.3 Å². The lowest BCUT2D eigenvalue weighted by molar-refractivity contribution is -0.173. The molecule has 0 bridgehead atoms. The van der Waals surface area contributed by atoms with Gasteiger partial charge in [0.25, 0.3) is 0 Å². The van der Waals surface area contributed by atoms with Crippen molar-refractivity contribution in [3.63, 3.8) is 0 Å². The summed E-state index contributed by atoms with van der Waals surface area (Å²) in [5.41, 5.74) is -0.728. The standard InChI is InChI=1S/C35H39NO7Si/c1-34(2,3)44(25-15-9-7-10-16-25,26-17-11-8-12-18-26)23-24-21-35(31(37)40-4,32(38)41-5)30(43-24)28-22-36(33(39)42-6)29-20-14-13-19-27(28)29/h7-20,22,24,30H,21,23H2,1-6H3. The van der Waals surface area contributed by atoms with E-state index in [0.29, 0.717) is 22.5 Å². The predicted molar refractivity (Wildman–Crippen MR) is 171 cm³/mol. The minimum atomic E-state index is -2.68. The molecule has 0 amide bonds. The smallest absolute Gasteiger partial charge is 0.418 e. The van der Waals surface area contributed by atoms with Crippen LogP contribution in [0.2, 0.25) is 11.1 Å². The molecular weight excluding hydrogens is 574 g/mol. The van der Waals surface area contributed by atoms with Gasteiger partial charge in [-0.15, -0.1) is 0 Å². The van der Waals surface area contributed by atoms with Crippen LogP contribution in [0.4, 0.5) is 4.79 Å². The topological polar surface area (TPSA) is 93.1 Å². The Kier molecular flexibility index (Phi) is 8.55. The number of methoxy groups -OCH3 is 3. The number of aromatic nitrogens is 1. The molecule has 44 heavy (non-hydrogen) atoms. The van der Waals surface area contributed by atoms with Gasteiger partial charge < -0.3 is 18.9 Å². The molecular formula is C35H39NO7Si. The lowest BCUT2D eigenvalue weighted by Gasteiger charge is -2.45. The summed E-state index contributed by atoms with van der Waals surface area (Å²) in [4.78, 5) is 40.4. The van der Waals surface area contributed by atoms with Gasteiger partial charge in [0, 0.05) is 23.6 Å². The number of carbonyl (C=O) groups is 3. The number of esters is 2. The number of ether oxygens (including phenoxy) is 4. The van der Waals surface area contributed by atoms with Crippen molar-refractivity contribution in [2.24, 2.45) is 5.41 Å². The van der Waals surface area contributed by atoms with Crippen molar-refractivity contribution in [2.75, 3.05) is 21.3 Å². The third-order valence-electron chi connectivity index (χ3n) is 9.17. The van der Waals surface area contributed by atoms with Crippen LogP contribution < -0.4 is 10.4 Å². The van der Waals surface area contributed by atoms with E-state index in [0.717, 1.165) is 0 Å². The maximum Gasteiger partial charge on any atom is 0.418 e. The molecule has 230 valence electrons. The first kappa shape index (κ1) is 31.2. The molecule has 5 rings (SSSR count). The Morgan fingerprint density at radius 3 is 1.84 bits per heavy atom. The fourth-order valence-electron chi connectivity index (χ4n) is 7.14. The summed E-state index contributed by atoms with van der Waals surface area (Å²) in [6.07, 6.45) is -0.561. The van der Waals surface area contributed by atoms with E-state index in [1.807, 2.05) is 24.3 Å². The molecule has 1 aliphatic heterocycles. The summed E-state index contributed by atoms with van der Waals surface area (Å²) >= 11 is 0. The van der Waals surface area contributed by atoms with Crippen LogP contribution in [-0.2, 0) is 28.5 Å². The van der Waals surface area contributed by atoms with Crippen LogP contribution in [0.15, 0.2) is 91.1 Å². The molecule has 9 heteroatoms. The van der Waals surface area contributed by atoms with E-state index in [1.165, 1.54) is 36.3 Å². The maximum atomic E-state index is 13.8. The van der Waals surface area contributed by atoms with Crippen molar-refractivity contribution in [3.8, 4) is 0 Å². The molecule has 0 saturated carbocycles. The van der Waals surface area contributed by atoms with Gasteiger partial charge in [-0.1, -0.05) is 110 Å². The Labute approximate surface area is 258 Å². The Balaban J connectivity index is 1.73. The Hall–Kier alpha value is -4.21. The summed E-state index contributed by atoms with van der Waals surface area (Å²) in [6, 6.07) is 28.8. The molecule has 0 aliphatic carbocycles. The van der Waals surface area contributed by atoms with Gasteiger partial charge in [0.1, 0.15) is 14.2 Å². The molecule has 2 atom stereocenters. The van der Waals surface area contributed by atoms with E-state index >= 15 is 0 Å². The fraction of sp³-hybridized carbons (Fsp3) is 0.343. The number of hydrogen-bond donors (Lipinski definition) is 0. The third-order valence-corrected chi connectivity index (χ3v) is 15.4. The Morgan fingerprint density at radius 2 is 1.34 bits per heavy atom. The van der Waals surface area contributed by atoms with Crippen molar-refractivity contribution in [1.82, 2.24) is 4.57 Å². The maximum absolute atomic E-state index is 13.8. The molecule has 2 unspecified atom stereocenters. The molecule has 3 aromatic carbocycles. The van der Waals surface area contributed by atoms with Crippen LogP contribution in [0.5, 0.6) is 0 Å². The highest BCUT2D eigenvalue weighted by atomic mass is 28.3. The second-order valence-electron chi connectivity index (χ2n) is 12.3. The number of rotatable bonds is 7. The van der Waals surface area contributed by atoms with Crippen LogP contribution in [0.1, 0.15) is 38.9 Å². The molecule has 1 fully saturated rings. The third kappa shape index (κ3) is 4.94. The average Bonchev–Trinajstić information content (AvgIpc) is 3.62. The summed E-state index contributed by atoms with van der Waals surface area (Å²) in [7, 11) is 1.15. The number of para-hydroxylation sites is 1. The van der Waals surface area contributed by atoms with Crippen LogP contribution >= 0.6 is 0 Å². The SMILES string of the molecule is COC(=O)n1cc(C2OC(C[Si](c3ccccc3)(c3ccccc3)C(C)(C)C)CC2(C(=O)OC)C(=O)OC)c2ccccc21. The second-order valence-corrected chi connectivity index (χ2v) is 17.2. The van der Waals surface area contributed by atoms with Crippen LogP contribution in [0.25, 0.3) is 10.9 Å². The van der Waals surface area contributed by atoms with Gasteiger partial charge in [-0.25, -0.2) is 4.79 Å². The molecule has 0 spiro atoms. The number of hydrogen-bond acceptors (Lipinski definition) is 7. The number of benzene rings is 3. The molecule has 0 radical (unpaired) electrons. The van der Waals surface area contributed by atoms with Crippen molar-refractivity contribution in [2.45, 2.75) is 50.5 Å². The van der Waals surface area contributed by atoms with E-state index in [2.05, 4.69) is 69.3 Å². The van der Waals surface area contributed by atoms with E-state index < -0.39 is 43.7 Å². The molecule has 2 heterocycles. The molecule has 8 nitrogen and oxygen atoms in total. The van der Waals surface area contributed by atoms with Gasteiger partial charge in [0.2, 0.25) is 0 Å². The van der Waals surface area contributed by atoms with Gasteiger partial charge >= 0.3 is 18.0 Å². The Morgan fingerprint density at radius 1 is 0.818 bits per heavy atom. The minimum absolute atomic E-state index is 0.0548. The summed E-state index contributed by atoms with van der Waals surface area (Å²) in [5.74, 6) is -1.48. The van der Waals surface area contributed by atoms with Crippen molar-refractivity contribution >= 4 is 47.4 Å². The van der Waals surface area contributed by atoms with Crippen molar-refractivity contribution in [3.05, 3.63) is 96.7 Å². The van der Waals surface area contributed by atoms with E-state index in [4.69, 9.17) is 18.9 Å². The lowest BCUT2D eigenvalue weighted by Crippen LogP contribution is -2.65. The highest BCUT2D eigenvalue weighted by Crippen LogP contribution is 2.54. The monoisotopic (exact) mass is 613 g/mol. The number of carbonyl (C=O) groups excluding carboxylic acids is 3. The van der Waals surface area contributed by atoms with Gasteiger partial charge in [-0.2, -0.15) is 0 Å². The molecule has 1 aliphatic rings. The summed E-state index contributed by atoms with van der Waals surface area (Å²) < 4.78 is 23.9. The van der Waals surface area contributed by atoms with E-state index in [-0.39, 0.29) is 11.5 Å². The summed E-state index contributed by atoms with van der Waals surface area (Å²) in [6.45, 7) is 6.76. The van der Waals surface area contributed by atoms with Gasteiger partial charge in [0.05, 0.1) is 33.0 Å². The average molecular weight is 614 g/mol. The lowest BCUT2D eigenvalue weighted by atomic mass is 9.77. The zero-order chi connectivity index (χ0) is 31.7. The highest BCUT2D eigenvalue weighted by molar-refractivity contribution is 7.04. The normalized spacial score (nSPS) is 18.1. The zero-order valence-corrected chi connectivity index (χ0v) is 27.0. The molecule has 1 saturated heterocycles. The second kappa shape index (κ2) is 12.1. The predicted octanol–water partition coefficient (Wildman–Crippen LogP) is 5.48. The fourth-order valence-corrected chi connectivity index (χ4v) is 12.7. The largest absolute Gasteiger partial charge is 0.468 e. The number of nitrogens with zero attached hydrogens (tertiary/aromatic N) is 1. The van der Waals surface area contributed by atoms with Gasteiger partial charge in [-0.05, 0) is 17.1 Å². The Bertz CT molecular complexity index is 1600. The first-order valence-corrected chi connectivity index (χ1v) is 16.9. The van der Waals surface area contributed by atoms with Crippen LogP contribution in [0.3, 0.4) is 0 Å². The first-order chi connectivity index (χ1) is 21.0. The van der Waals surface area contributed by atoms with Crippen molar-refractivity contribution in [1.29, 1.82) is 0 Å². The van der Waals surface area contributed by atoms with Crippen molar-refractivity contribution < 1.29 is 33.3 Å². The number of fused-ring (bicyclic) bond motifs is 1. The quantitative estimate of drug-likeness (QED) is 0.118. The molecule has 4 aromatic rings. The van der Waals surface area contributed by atoms with Gasteiger partial charge in [0.15, 0.2) is 5.41 Å². The minimum Gasteiger partial charge on any atom is -0.468 e.